The number of thiazole rings is 3. The third-order valence-corrected chi connectivity index (χ3v) is 23.9. The van der Waals surface area contributed by atoms with E-state index in [9.17, 15) is 52.8 Å². The minimum Gasteiger partial charge on any atom is -0.325 e. The zero-order valence-corrected chi connectivity index (χ0v) is 56.4. The van der Waals surface area contributed by atoms with E-state index in [0.29, 0.717) is 15.0 Å². The number of anilines is 3. The zero-order chi connectivity index (χ0) is 67.0. The Morgan fingerprint density at radius 2 is 0.713 bits per heavy atom. The minimum atomic E-state index is -3.93. The van der Waals surface area contributed by atoms with Crippen molar-refractivity contribution in [1.82, 2.24) is 71.4 Å². The lowest BCUT2D eigenvalue weighted by Crippen LogP contribution is -2.55. The number of nitrogens with one attached hydrogen (secondary N) is 6. The van der Waals surface area contributed by atoms with Crippen molar-refractivity contribution in [3.8, 4) is 31.7 Å². The van der Waals surface area contributed by atoms with E-state index in [2.05, 4.69) is 60.4 Å². The predicted molar refractivity (Wildman–Crippen MR) is 353 cm³/mol. The Hall–Kier alpha value is -7.14. The van der Waals surface area contributed by atoms with Crippen LogP contribution in [0.2, 0.25) is 15.1 Å². The number of hydrogen-bond acceptors (Lipinski definition) is 18. The van der Waals surface area contributed by atoms with Gasteiger partial charge in [0.2, 0.25) is 17.7 Å². The highest BCUT2D eigenvalue weighted by atomic mass is 35.5. The van der Waals surface area contributed by atoms with Gasteiger partial charge in [-0.25, -0.2) is 28.1 Å². The third-order valence-electron chi connectivity index (χ3n) is 14.9. The quantitative estimate of drug-likeness (QED) is 0.0670. The molecule has 3 aromatic carbocycles. The van der Waals surface area contributed by atoms with Crippen molar-refractivity contribution in [2.45, 2.75) is 62.9 Å². The maximum Gasteiger partial charge on any atom is 0.280 e. The predicted octanol–water partition coefficient (Wildman–Crippen LogP) is 8.30. The van der Waals surface area contributed by atoms with Crippen molar-refractivity contribution in [3.63, 3.8) is 0 Å². The summed E-state index contributed by atoms with van der Waals surface area (Å²) in [5, 5.41) is 21.4. The lowest BCUT2D eigenvalue weighted by Gasteiger charge is -2.35. The molecule has 2 unspecified atom stereocenters. The van der Waals surface area contributed by atoms with Gasteiger partial charge in [0.1, 0.15) is 50.6 Å². The molecule has 27 nitrogen and oxygen atoms in total. The molecule has 6 atom stereocenters. The van der Waals surface area contributed by atoms with Crippen LogP contribution in [0.15, 0.2) is 110 Å². The van der Waals surface area contributed by atoms with Crippen molar-refractivity contribution in [2.24, 2.45) is 21.1 Å². The number of halogens is 6. The Morgan fingerprint density at radius 1 is 0.457 bits per heavy atom. The molecule has 94 heavy (non-hydrogen) atoms. The van der Waals surface area contributed by atoms with E-state index >= 15 is 0 Å². The molecule has 6 N–H and O–H groups in total. The number of carbonyl (C=O) groups is 3. The molecule has 3 aliphatic rings. The average Bonchev–Trinajstić information content (AvgIpc) is 1.31. The number of aryl methyl sites for hydroxylation is 3. The van der Waals surface area contributed by atoms with Crippen LogP contribution >= 0.6 is 68.8 Å². The van der Waals surface area contributed by atoms with E-state index in [4.69, 9.17) is 34.8 Å². The van der Waals surface area contributed by atoms with Crippen LogP contribution in [0.1, 0.15) is 59.8 Å². The molecular weight excluding hydrogens is 1410 g/mol. The number of carbonyl (C=O) groups excluding carboxylic acids is 3. The summed E-state index contributed by atoms with van der Waals surface area (Å²) in [6, 6.07) is 11.7. The SMILES string of the molecule is C.CN1C(C(=O)Nc2ccc(F)c(Cl)c2)CC(c2ncc(-c3ccnn3C)s2)NS1(=O)=O.CN1[C@@H](C(=O)Nc2ccc(F)c(Cl)c2)C[C@@H](c2ncc(-c3ccnn3C)s2)NS1(=O)=O.CN1[C@H](C(=O)Nc2ccc(F)c(Cl)c2)C[C@H](c2ncc(-c3ccnn3C)s2)NS1(=O)=O. The summed E-state index contributed by atoms with van der Waals surface area (Å²) < 4.78 is 132. The number of amides is 3. The van der Waals surface area contributed by atoms with Gasteiger partial charge < -0.3 is 16.0 Å². The van der Waals surface area contributed by atoms with Gasteiger partial charge in [0.15, 0.2) is 0 Å². The summed E-state index contributed by atoms with van der Waals surface area (Å²) in [4.78, 5) is 54.2. The number of nitrogens with zero attached hydrogens (tertiary/aromatic N) is 12. The molecule has 12 rings (SSSR count). The maximum absolute atomic E-state index is 13.4. The Balaban J connectivity index is 0.000000165. The van der Waals surface area contributed by atoms with Gasteiger partial charge in [0.05, 0.1) is 64.9 Å². The lowest BCUT2D eigenvalue weighted by atomic mass is 10.1. The highest BCUT2D eigenvalue weighted by Gasteiger charge is 2.45. The van der Waals surface area contributed by atoms with E-state index in [1.54, 1.807) is 72.4 Å². The molecule has 0 aliphatic carbocycles. The topological polar surface area (TPSA) is 328 Å². The van der Waals surface area contributed by atoms with Crippen LogP contribution in [0.25, 0.3) is 31.7 Å². The summed E-state index contributed by atoms with van der Waals surface area (Å²) in [6.45, 7) is 0. The molecule has 9 heterocycles. The van der Waals surface area contributed by atoms with Crippen molar-refractivity contribution in [3.05, 3.63) is 158 Å². The summed E-state index contributed by atoms with van der Waals surface area (Å²) in [5.74, 6) is -3.51. The number of aromatic nitrogens is 9. The van der Waals surface area contributed by atoms with Gasteiger partial charge >= 0.3 is 0 Å². The molecule has 3 fully saturated rings. The first kappa shape index (κ1) is 71.2. The molecule has 0 saturated carbocycles. The van der Waals surface area contributed by atoms with Crippen molar-refractivity contribution in [1.29, 1.82) is 0 Å². The number of hydrogen-bond donors (Lipinski definition) is 6. The zero-order valence-electron chi connectivity index (χ0n) is 49.2. The Bertz CT molecular complexity index is 4190. The average molecular weight is 1470 g/mol. The number of likely N-dealkylation sites (N-methyl/N-ethyl adjacent to an activating group) is 3. The first-order valence-corrected chi connectivity index (χ1v) is 35.2. The molecule has 0 spiro atoms. The first-order valence-electron chi connectivity index (χ1n) is 27.3. The van der Waals surface area contributed by atoms with E-state index in [-0.39, 0.29) is 58.8 Å². The van der Waals surface area contributed by atoms with Gasteiger partial charge in [0, 0.05) is 96.5 Å². The van der Waals surface area contributed by atoms with Gasteiger partial charge in [-0.05, 0) is 92.1 Å². The van der Waals surface area contributed by atoms with Crippen molar-refractivity contribution in [2.75, 3.05) is 37.1 Å². The molecule has 39 heteroatoms. The van der Waals surface area contributed by atoms with E-state index in [1.807, 2.05) is 18.2 Å². The molecule has 3 aliphatic heterocycles. The number of benzene rings is 3. The fourth-order valence-electron chi connectivity index (χ4n) is 9.77. The first-order chi connectivity index (χ1) is 44.0. The standard InChI is InChI=1S/3C18H18ClFN6O3S2.CH4/c3*1-25-14(5-6-22-25)16-9-21-18(30-16)13-8-15(26(2)31(28,29)24-13)17(27)23-10-3-4-12(20)11(19)7-10;/h3*3-7,9,13,15,24H,8H2,1-2H3,(H,23,27);1H4/t2*13-,15+;;/m10../s1. The fraction of sp³-hybridized carbons (Fsp3) is 0.291. The molecule has 500 valence electrons. The highest BCUT2D eigenvalue weighted by Crippen LogP contribution is 2.38. The van der Waals surface area contributed by atoms with Gasteiger partial charge in [-0.15, -0.1) is 34.0 Å². The van der Waals surface area contributed by atoms with Gasteiger partial charge in [-0.1, -0.05) is 42.2 Å². The Labute approximate surface area is 564 Å². The van der Waals surface area contributed by atoms with Crippen LogP contribution in [0.5, 0.6) is 0 Å². The summed E-state index contributed by atoms with van der Waals surface area (Å²) in [5.41, 5.74) is 3.35. The van der Waals surface area contributed by atoms with Crippen LogP contribution in [0.4, 0.5) is 30.2 Å². The molecule has 9 aromatic rings. The van der Waals surface area contributed by atoms with Crippen LogP contribution in [0, 0.1) is 17.5 Å². The van der Waals surface area contributed by atoms with Crippen molar-refractivity contribution < 1.29 is 52.8 Å². The van der Waals surface area contributed by atoms with Gasteiger partial charge in [0.25, 0.3) is 30.6 Å². The van der Waals surface area contributed by atoms with E-state index < -0.39 is 102 Å². The van der Waals surface area contributed by atoms with E-state index in [0.717, 1.165) is 62.8 Å². The molecule has 3 saturated heterocycles. The second-order valence-corrected chi connectivity index (χ2v) is 30.6. The third kappa shape index (κ3) is 15.9. The highest BCUT2D eigenvalue weighted by molar-refractivity contribution is 7.87. The Kier molecular flexibility index (Phi) is 22.0. The minimum absolute atomic E-state index is 0. The number of rotatable bonds is 12. The Morgan fingerprint density at radius 3 is 0.936 bits per heavy atom. The van der Waals surface area contributed by atoms with Gasteiger partial charge in [-0.2, -0.15) is 67.6 Å². The lowest BCUT2D eigenvalue weighted by molar-refractivity contribution is -0.120. The fourth-order valence-corrected chi connectivity index (χ4v) is 17.4. The summed E-state index contributed by atoms with van der Waals surface area (Å²) >= 11 is 21.3. The largest absolute Gasteiger partial charge is 0.325 e. The van der Waals surface area contributed by atoms with Crippen LogP contribution < -0.4 is 30.1 Å². The summed E-state index contributed by atoms with van der Waals surface area (Å²) in [6.07, 6.45) is 10.4. The monoisotopic (exact) mass is 1470 g/mol. The molecule has 6 aromatic heterocycles. The van der Waals surface area contributed by atoms with Crippen LogP contribution in [0.3, 0.4) is 0 Å². The normalized spacial score (nSPS) is 20.9. The van der Waals surface area contributed by atoms with Crippen LogP contribution in [-0.4, -0.2) is 139 Å². The smallest absolute Gasteiger partial charge is 0.280 e. The van der Waals surface area contributed by atoms with Gasteiger partial charge in [-0.3, -0.25) is 28.4 Å². The molecular formula is C55H58Cl3F3N18O9S6. The van der Waals surface area contributed by atoms with E-state index in [1.165, 1.54) is 91.6 Å². The summed E-state index contributed by atoms with van der Waals surface area (Å²) in [7, 11) is -2.41. The second-order valence-electron chi connectivity index (χ2n) is 20.9. The molecule has 3 amide bonds. The molecule has 0 radical (unpaired) electrons. The second kappa shape index (κ2) is 29.1. The van der Waals surface area contributed by atoms with Crippen molar-refractivity contribution >= 4 is 134 Å². The molecule has 0 bridgehead atoms. The maximum atomic E-state index is 13.4. The van der Waals surface area contributed by atoms with Crippen LogP contribution in [-0.2, 0) is 66.2 Å².